The summed E-state index contributed by atoms with van der Waals surface area (Å²) in [7, 11) is 0. The average Bonchev–Trinajstić information content (AvgIpc) is 2.38. The van der Waals surface area contributed by atoms with Gasteiger partial charge in [-0.25, -0.2) is 4.98 Å². The van der Waals surface area contributed by atoms with Crippen LogP contribution in [0.15, 0.2) is 18.2 Å². The third-order valence-electron chi connectivity index (χ3n) is 3.56. The molecule has 1 amide bonds. The van der Waals surface area contributed by atoms with Crippen molar-refractivity contribution in [2.24, 2.45) is 11.8 Å². The second kappa shape index (κ2) is 5.82. The number of aryl methyl sites for hydroxylation is 1. The predicted molar refractivity (Wildman–Crippen MR) is 70.7 cm³/mol. The lowest BCUT2D eigenvalue weighted by Crippen LogP contribution is -2.36. The Hall–Kier alpha value is -1.91. The van der Waals surface area contributed by atoms with Crippen LogP contribution in [-0.2, 0) is 9.59 Å². The van der Waals surface area contributed by atoms with E-state index in [1.54, 1.807) is 6.07 Å². The number of carboxylic acid groups (broad SMARTS) is 1. The third-order valence-corrected chi connectivity index (χ3v) is 3.56. The van der Waals surface area contributed by atoms with E-state index in [4.69, 9.17) is 0 Å². The maximum absolute atomic E-state index is 12.2. The van der Waals surface area contributed by atoms with Gasteiger partial charge in [-0.2, -0.15) is 0 Å². The number of rotatable bonds is 3. The minimum absolute atomic E-state index is 0.231. The summed E-state index contributed by atoms with van der Waals surface area (Å²) in [6.07, 6.45) is 3.00. The Morgan fingerprint density at radius 2 is 1.95 bits per heavy atom. The molecule has 5 heteroatoms. The van der Waals surface area contributed by atoms with Gasteiger partial charge in [-0.15, -0.1) is 0 Å². The van der Waals surface area contributed by atoms with Gasteiger partial charge in [0.05, 0.1) is 11.8 Å². The lowest BCUT2D eigenvalue weighted by molar-refractivity contribution is -0.147. The van der Waals surface area contributed by atoms with Gasteiger partial charge in [-0.05, 0) is 31.9 Å². The van der Waals surface area contributed by atoms with Crippen LogP contribution in [0.25, 0.3) is 0 Å². The molecule has 1 aromatic rings. The summed E-state index contributed by atoms with van der Waals surface area (Å²) in [5.41, 5.74) is 0.816. The van der Waals surface area contributed by atoms with E-state index in [0.717, 1.165) is 18.5 Å². The molecule has 0 spiro atoms. The fourth-order valence-electron chi connectivity index (χ4n) is 2.57. The van der Waals surface area contributed by atoms with Crippen molar-refractivity contribution in [3.8, 4) is 0 Å². The second-order valence-corrected chi connectivity index (χ2v) is 4.99. The summed E-state index contributed by atoms with van der Waals surface area (Å²) in [6, 6.07) is 5.37. The Balaban J connectivity index is 2.07. The Labute approximate surface area is 112 Å². The Kier molecular flexibility index (Phi) is 4.14. The number of amides is 1. The molecule has 19 heavy (non-hydrogen) atoms. The summed E-state index contributed by atoms with van der Waals surface area (Å²) in [6.45, 7) is 1.84. The van der Waals surface area contributed by atoms with E-state index in [1.165, 1.54) is 0 Å². The SMILES string of the molecule is Cc1cccc(NC(=O)[C@H]2CCCC[C@H]2C(=O)O)n1. The van der Waals surface area contributed by atoms with E-state index >= 15 is 0 Å². The van der Waals surface area contributed by atoms with Crippen molar-refractivity contribution in [1.82, 2.24) is 4.98 Å². The van der Waals surface area contributed by atoms with Crippen molar-refractivity contribution in [1.29, 1.82) is 0 Å². The van der Waals surface area contributed by atoms with Crippen LogP contribution in [0, 0.1) is 18.8 Å². The lowest BCUT2D eigenvalue weighted by atomic mass is 9.79. The average molecular weight is 262 g/mol. The number of aromatic nitrogens is 1. The van der Waals surface area contributed by atoms with Crippen LogP contribution in [0.5, 0.6) is 0 Å². The summed E-state index contributed by atoms with van der Waals surface area (Å²) < 4.78 is 0. The minimum Gasteiger partial charge on any atom is -0.481 e. The fraction of sp³-hybridized carbons (Fsp3) is 0.500. The van der Waals surface area contributed by atoms with Gasteiger partial charge in [0.1, 0.15) is 5.82 Å². The van der Waals surface area contributed by atoms with Crippen LogP contribution in [0.4, 0.5) is 5.82 Å². The number of pyridine rings is 1. The third kappa shape index (κ3) is 3.30. The van der Waals surface area contributed by atoms with Crippen molar-refractivity contribution < 1.29 is 14.7 Å². The minimum atomic E-state index is -0.878. The van der Waals surface area contributed by atoms with Gasteiger partial charge in [0.15, 0.2) is 0 Å². The van der Waals surface area contributed by atoms with Crippen LogP contribution >= 0.6 is 0 Å². The lowest BCUT2D eigenvalue weighted by Gasteiger charge is -2.27. The first-order valence-electron chi connectivity index (χ1n) is 6.55. The number of carbonyl (C=O) groups is 2. The first kappa shape index (κ1) is 13.5. The van der Waals surface area contributed by atoms with Crippen molar-refractivity contribution in [2.45, 2.75) is 32.6 Å². The maximum atomic E-state index is 12.2. The zero-order valence-electron chi connectivity index (χ0n) is 10.9. The summed E-state index contributed by atoms with van der Waals surface area (Å²) in [5.74, 6) is -1.64. The molecule has 0 saturated heterocycles. The molecule has 0 unspecified atom stereocenters. The number of carboxylic acids is 1. The number of hydrogen-bond acceptors (Lipinski definition) is 3. The van der Waals surface area contributed by atoms with Crippen LogP contribution in [0.2, 0.25) is 0 Å². The molecular weight excluding hydrogens is 244 g/mol. The highest BCUT2D eigenvalue weighted by Gasteiger charge is 2.35. The van der Waals surface area contributed by atoms with E-state index in [0.29, 0.717) is 18.7 Å². The van der Waals surface area contributed by atoms with Gasteiger partial charge in [-0.3, -0.25) is 9.59 Å². The van der Waals surface area contributed by atoms with Gasteiger partial charge in [0.25, 0.3) is 0 Å². The molecule has 0 aliphatic heterocycles. The molecule has 1 fully saturated rings. The number of nitrogens with one attached hydrogen (secondary N) is 1. The molecule has 2 N–H and O–H groups in total. The van der Waals surface area contributed by atoms with Gasteiger partial charge in [0.2, 0.25) is 5.91 Å². The largest absolute Gasteiger partial charge is 0.481 e. The van der Waals surface area contributed by atoms with Crippen molar-refractivity contribution in [3.63, 3.8) is 0 Å². The molecular formula is C14H18N2O3. The molecule has 1 aliphatic carbocycles. The number of carbonyl (C=O) groups excluding carboxylic acids is 1. The van der Waals surface area contributed by atoms with Crippen LogP contribution in [0.3, 0.4) is 0 Å². The molecule has 1 heterocycles. The molecule has 0 aromatic carbocycles. The first-order valence-corrected chi connectivity index (χ1v) is 6.55. The number of hydrogen-bond donors (Lipinski definition) is 2. The number of aliphatic carboxylic acids is 1. The summed E-state index contributed by atoms with van der Waals surface area (Å²) >= 11 is 0. The number of anilines is 1. The first-order chi connectivity index (χ1) is 9.08. The Morgan fingerprint density at radius 1 is 1.26 bits per heavy atom. The summed E-state index contributed by atoms with van der Waals surface area (Å²) in [4.78, 5) is 27.6. The summed E-state index contributed by atoms with van der Waals surface area (Å²) in [5, 5.41) is 11.9. The van der Waals surface area contributed by atoms with Crippen molar-refractivity contribution in [3.05, 3.63) is 23.9 Å². The highest BCUT2D eigenvalue weighted by molar-refractivity contribution is 5.94. The highest BCUT2D eigenvalue weighted by atomic mass is 16.4. The standard InChI is InChI=1S/C14H18N2O3/c1-9-5-4-8-12(15-9)16-13(17)10-6-2-3-7-11(10)14(18)19/h4-5,8,10-11H,2-3,6-7H2,1H3,(H,18,19)(H,15,16,17)/t10-,11+/m0/s1. The van der Waals surface area contributed by atoms with Gasteiger partial charge in [-0.1, -0.05) is 18.9 Å². The quantitative estimate of drug-likeness (QED) is 0.875. The van der Waals surface area contributed by atoms with Crippen LogP contribution in [0.1, 0.15) is 31.4 Å². The smallest absolute Gasteiger partial charge is 0.307 e. The molecule has 102 valence electrons. The van der Waals surface area contributed by atoms with Crippen molar-refractivity contribution in [2.75, 3.05) is 5.32 Å². The van der Waals surface area contributed by atoms with Crippen LogP contribution < -0.4 is 5.32 Å². The van der Waals surface area contributed by atoms with E-state index in [1.807, 2.05) is 19.1 Å². The molecule has 1 aromatic heterocycles. The molecule has 1 saturated carbocycles. The zero-order chi connectivity index (χ0) is 13.8. The molecule has 2 atom stereocenters. The Bertz CT molecular complexity index is 487. The second-order valence-electron chi connectivity index (χ2n) is 4.99. The molecule has 0 bridgehead atoms. The monoisotopic (exact) mass is 262 g/mol. The van der Waals surface area contributed by atoms with Crippen molar-refractivity contribution >= 4 is 17.7 Å². The zero-order valence-corrected chi connectivity index (χ0v) is 10.9. The molecule has 0 radical (unpaired) electrons. The van der Waals surface area contributed by atoms with E-state index in [9.17, 15) is 14.7 Å². The predicted octanol–water partition coefficient (Wildman–Crippen LogP) is 2.22. The molecule has 5 nitrogen and oxygen atoms in total. The normalized spacial score (nSPS) is 22.8. The van der Waals surface area contributed by atoms with E-state index in [2.05, 4.69) is 10.3 Å². The van der Waals surface area contributed by atoms with E-state index in [-0.39, 0.29) is 5.91 Å². The highest BCUT2D eigenvalue weighted by Crippen LogP contribution is 2.31. The Morgan fingerprint density at radius 3 is 2.58 bits per heavy atom. The maximum Gasteiger partial charge on any atom is 0.307 e. The number of nitrogens with zero attached hydrogens (tertiary/aromatic N) is 1. The van der Waals surface area contributed by atoms with E-state index < -0.39 is 17.8 Å². The molecule has 1 aliphatic rings. The molecule has 2 rings (SSSR count). The van der Waals surface area contributed by atoms with Crippen LogP contribution in [-0.4, -0.2) is 22.0 Å². The van der Waals surface area contributed by atoms with Gasteiger partial charge < -0.3 is 10.4 Å². The topological polar surface area (TPSA) is 79.3 Å². The van der Waals surface area contributed by atoms with Gasteiger partial charge >= 0.3 is 5.97 Å². The van der Waals surface area contributed by atoms with Gasteiger partial charge in [0, 0.05) is 5.69 Å². The fourth-order valence-corrected chi connectivity index (χ4v) is 2.57.